The summed E-state index contributed by atoms with van der Waals surface area (Å²) in [5, 5.41) is 15.9. The Kier molecular flexibility index (Phi) is 6.78. The second kappa shape index (κ2) is 9.64. The molecule has 0 aliphatic carbocycles. The van der Waals surface area contributed by atoms with Crippen molar-refractivity contribution in [2.45, 2.75) is 18.6 Å². The average molecular weight is 504 g/mol. The van der Waals surface area contributed by atoms with E-state index in [9.17, 15) is 23.2 Å². The number of hydrogen-bond acceptors (Lipinski definition) is 5. The molecular formula is C24H21F4N5OS. The number of fused-ring (bicyclic) bond motifs is 1. The van der Waals surface area contributed by atoms with E-state index in [-0.39, 0.29) is 30.1 Å². The van der Waals surface area contributed by atoms with E-state index in [0.29, 0.717) is 22.5 Å². The fourth-order valence-electron chi connectivity index (χ4n) is 4.29. The molecule has 4 rings (SSSR count). The minimum Gasteiger partial charge on any atom is -0.333 e. The van der Waals surface area contributed by atoms with E-state index in [0.717, 1.165) is 21.8 Å². The maximum absolute atomic E-state index is 15.2. The molecule has 0 saturated carbocycles. The number of alkyl halides is 3. The highest BCUT2D eigenvalue weighted by atomic mass is 32.1. The van der Waals surface area contributed by atoms with Gasteiger partial charge in [-0.25, -0.2) is 4.39 Å². The van der Waals surface area contributed by atoms with Crippen molar-refractivity contribution in [1.29, 1.82) is 5.26 Å². The Morgan fingerprint density at radius 2 is 2.14 bits per heavy atom. The van der Waals surface area contributed by atoms with Gasteiger partial charge in [-0.3, -0.25) is 9.48 Å². The number of carbonyl (C=O) groups is 1. The van der Waals surface area contributed by atoms with Crippen LogP contribution in [0.2, 0.25) is 0 Å². The maximum atomic E-state index is 15.2. The molecule has 1 aliphatic heterocycles. The van der Waals surface area contributed by atoms with Crippen molar-refractivity contribution < 1.29 is 22.4 Å². The van der Waals surface area contributed by atoms with Crippen LogP contribution in [0.15, 0.2) is 42.6 Å². The van der Waals surface area contributed by atoms with Crippen LogP contribution in [0.1, 0.15) is 32.5 Å². The normalized spacial score (nSPS) is 15.9. The first-order valence-electron chi connectivity index (χ1n) is 10.7. The quantitative estimate of drug-likeness (QED) is 0.413. The number of halogens is 4. The van der Waals surface area contributed by atoms with E-state index in [2.05, 4.69) is 16.5 Å². The van der Waals surface area contributed by atoms with Gasteiger partial charge in [0.15, 0.2) is 5.69 Å². The molecule has 1 N–H and O–H groups in total. The fraction of sp³-hybridized carbons (Fsp3) is 0.292. The van der Waals surface area contributed by atoms with Crippen LogP contribution in [0, 0.1) is 17.1 Å². The Bertz CT molecular complexity index is 1330. The van der Waals surface area contributed by atoms with Crippen LogP contribution in [0.3, 0.4) is 0 Å². The maximum Gasteiger partial charge on any atom is 0.435 e. The Morgan fingerprint density at radius 3 is 2.83 bits per heavy atom. The van der Waals surface area contributed by atoms with Crippen molar-refractivity contribution in [2.24, 2.45) is 7.05 Å². The first-order chi connectivity index (χ1) is 16.6. The van der Waals surface area contributed by atoms with Crippen LogP contribution >= 0.6 is 11.3 Å². The molecule has 0 bridgehead atoms. The van der Waals surface area contributed by atoms with Gasteiger partial charge in [0.1, 0.15) is 16.8 Å². The molecule has 1 aromatic carbocycles. The molecule has 0 fully saturated rings. The highest BCUT2D eigenvalue weighted by Crippen LogP contribution is 2.45. The van der Waals surface area contributed by atoms with E-state index in [1.807, 2.05) is 0 Å². The predicted octanol–water partition coefficient (Wildman–Crippen LogP) is 4.43. The number of carbonyl (C=O) groups excluding carboxylic acids is 1. The molecular weight excluding hydrogens is 482 g/mol. The Hall–Kier alpha value is -3.49. The van der Waals surface area contributed by atoms with Crippen LogP contribution in [0.5, 0.6) is 0 Å². The van der Waals surface area contributed by atoms with Gasteiger partial charge >= 0.3 is 6.18 Å². The minimum atomic E-state index is -4.79. The van der Waals surface area contributed by atoms with Crippen molar-refractivity contribution in [3.8, 4) is 17.2 Å². The minimum absolute atomic E-state index is 0.120. The lowest BCUT2D eigenvalue weighted by molar-refractivity contribution is -0.141. The summed E-state index contributed by atoms with van der Waals surface area (Å²) >= 11 is 1.22. The summed E-state index contributed by atoms with van der Waals surface area (Å²) < 4.78 is 57.5. The smallest absolute Gasteiger partial charge is 0.333 e. The van der Waals surface area contributed by atoms with Gasteiger partial charge in [-0.05, 0) is 30.3 Å². The predicted molar refractivity (Wildman–Crippen MR) is 123 cm³/mol. The molecule has 11 heteroatoms. The zero-order chi connectivity index (χ0) is 25.3. The van der Waals surface area contributed by atoms with Gasteiger partial charge in [-0.1, -0.05) is 18.2 Å². The van der Waals surface area contributed by atoms with E-state index >= 15 is 4.39 Å². The number of nitrogens with one attached hydrogen (secondary N) is 1. The molecule has 1 atom stereocenters. The lowest BCUT2D eigenvalue weighted by Crippen LogP contribution is -2.37. The topological polar surface area (TPSA) is 74.0 Å². The summed E-state index contributed by atoms with van der Waals surface area (Å²) in [6.07, 6.45) is -0.551. The van der Waals surface area contributed by atoms with Crippen LogP contribution in [0.4, 0.5) is 17.6 Å². The molecule has 1 amide bonds. The standard InChI is InChI=1S/C24H21F4N5OS/c1-30-8-4-7-21(34)33-12-17(16-9-14(10-29)35-20(16)13-33)15-5-3-6-19(25)22(15)18-11-32(2)31-23(18)24(26,27)28/h3-7,9,11,17,30H,8,12-13H2,1-2H3/b7-4+/t17-/m0/s1. The highest BCUT2D eigenvalue weighted by Gasteiger charge is 2.40. The summed E-state index contributed by atoms with van der Waals surface area (Å²) in [5.74, 6) is -1.74. The lowest BCUT2D eigenvalue weighted by atomic mass is 9.83. The third kappa shape index (κ3) is 4.85. The molecule has 0 saturated heterocycles. The first-order valence-corrected chi connectivity index (χ1v) is 11.5. The van der Waals surface area contributed by atoms with Crippen LogP contribution < -0.4 is 5.32 Å². The van der Waals surface area contributed by atoms with Crippen molar-refractivity contribution in [3.05, 3.63) is 75.0 Å². The lowest BCUT2D eigenvalue weighted by Gasteiger charge is -2.33. The number of amides is 1. The van der Waals surface area contributed by atoms with E-state index in [1.54, 1.807) is 30.2 Å². The summed E-state index contributed by atoms with van der Waals surface area (Å²) in [6.45, 7) is 0.864. The molecule has 0 unspecified atom stereocenters. The van der Waals surface area contributed by atoms with Crippen LogP contribution in [0.25, 0.3) is 11.1 Å². The first kappa shape index (κ1) is 24.6. The molecule has 0 spiro atoms. The van der Waals surface area contributed by atoms with Gasteiger partial charge in [0.25, 0.3) is 0 Å². The number of aryl methyl sites for hydroxylation is 1. The zero-order valence-electron chi connectivity index (χ0n) is 18.9. The number of nitrogens with zero attached hydrogens (tertiary/aromatic N) is 4. The summed E-state index contributed by atoms with van der Waals surface area (Å²) in [4.78, 5) is 15.6. The van der Waals surface area contributed by atoms with Crippen LogP contribution in [-0.4, -0.2) is 40.7 Å². The molecule has 2 aromatic heterocycles. The van der Waals surface area contributed by atoms with Gasteiger partial charge < -0.3 is 10.2 Å². The molecule has 1 aliphatic rings. The number of rotatable bonds is 5. The van der Waals surface area contributed by atoms with Crippen LogP contribution in [-0.2, 0) is 24.6 Å². The largest absolute Gasteiger partial charge is 0.435 e. The number of thiophene rings is 1. The van der Waals surface area contributed by atoms with Crippen molar-refractivity contribution in [3.63, 3.8) is 0 Å². The monoisotopic (exact) mass is 503 g/mol. The fourth-order valence-corrected chi connectivity index (χ4v) is 5.32. The van der Waals surface area contributed by atoms with E-state index in [1.165, 1.54) is 30.5 Å². The zero-order valence-corrected chi connectivity index (χ0v) is 19.7. The number of hydrogen-bond donors (Lipinski definition) is 1. The van der Waals surface area contributed by atoms with Crippen molar-refractivity contribution >= 4 is 17.2 Å². The number of benzene rings is 1. The highest BCUT2D eigenvalue weighted by molar-refractivity contribution is 7.12. The van der Waals surface area contributed by atoms with Gasteiger partial charge in [-0.15, -0.1) is 11.3 Å². The van der Waals surface area contributed by atoms with Crippen molar-refractivity contribution in [2.75, 3.05) is 20.1 Å². The third-order valence-corrected chi connectivity index (χ3v) is 6.79. The Morgan fingerprint density at radius 1 is 1.37 bits per heavy atom. The second-order valence-corrected chi connectivity index (χ2v) is 9.24. The van der Waals surface area contributed by atoms with Gasteiger partial charge in [0, 0.05) is 54.3 Å². The van der Waals surface area contributed by atoms with Crippen molar-refractivity contribution in [1.82, 2.24) is 20.0 Å². The van der Waals surface area contributed by atoms with E-state index in [4.69, 9.17) is 0 Å². The summed E-state index contributed by atoms with van der Waals surface area (Å²) in [5.41, 5.74) is -0.771. The van der Waals surface area contributed by atoms with Gasteiger partial charge in [0.2, 0.25) is 5.91 Å². The number of aromatic nitrogens is 2. The molecule has 182 valence electrons. The Labute approximate surface area is 203 Å². The molecule has 0 radical (unpaired) electrons. The second-order valence-electron chi connectivity index (χ2n) is 8.10. The summed E-state index contributed by atoms with van der Waals surface area (Å²) in [6, 6.07) is 7.86. The molecule has 3 heterocycles. The van der Waals surface area contributed by atoms with Gasteiger partial charge in [0.05, 0.1) is 6.54 Å². The van der Waals surface area contributed by atoms with Gasteiger partial charge in [-0.2, -0.15) is 23.5 Å². The number of nitriles is 1. The average Bonchev–Trinajstić information content (AvgIpc) is 3.41. The SMILES string of the molecule is CNC/C=C/C(=O)N1Cc2sc(C#N)cc2[C@H](c2cccc(F)c2-c2cn(C)nc2C(F)(F)F)C1. The number of likely N-dealkylation sites (N-methyl/N-ethyl adjacent to an activating group) is 1. The van der Waals surface area contributed by atoms with E-state index < -0.39 is 23.6 Å². The molecule has 35 heavy (non-hydrogen) atoms. The Balaban J connectivity index is 1.87. The molecule has 3 aromatic rings. The molecule has 6 nitrogen and oxygen atoms in total. The third-order valence-electron chi connectivity index (χ3n) is 5.75. The summed E-state index contributed by atoms with van der Waals surface area (Å²) in [7, 11) is 3.08.